The number of aliphatic hydroxyl groups is 1. The summed E-state index contributed by atoms with van der Waals surface area (Å²) in [5.41, 5.74) is 0.757. The van der Waals surface area contributed by atoms with Gasteiger partial charge in [-0.1, -0.05) is 22.0 Å². The zero-order chi connectivity index (χ0) is 14.0. The Hall–Kier alpha value is -0.430. The van der Waals surface area contributed by atoms with Crippen molar-refractivity contribution in [2.24, 2.45) is 5.92 Å². The van der Waals surface area contributed by atoms with Gasteiger partial charge in [-0.15, -0.1) is 0 Å². The lowest BCUT2D eigenvalue weighted by Crippen LogP contribution is -2.39. The minimum absolute atomic E-state index is 0.143. The minimum Gasteiger partial charge on any atom is -0.396 e. The third kappa shape index (κ3) is 3.18. The van der Waals surface area contributed by atoms with Crippen molar-refractivity contribution in [2.45, 2.75) is 24.7 Å². The molecule has 1 heterocycles. The lowest BCUT2D eigenvalue weighted by Gasteiger charge is -2.30. The van der Waals surface area contributed by atoms with E-state index in [4.69, 9.17) is 5.11 Å². The number of aryl methyl sites for hydroxylation is 1. The molecule has 0 aliphatic carbocycles. The fourth-order valence-corrected chi connectivity index (χ4v) is 4.56. The monoisotopic (exact) mass is 347 g/mol. The summed E-state index contributed by atoms with van der Waals surface area (Å²) in [6.07, 6.45) is 1.45. The Balaban J connectivity index is 2.26. The van der Waals surface area contributed by atoms with Crippen molar-refractivity contribution in [1.29, 1.82) is 0 Å². The van der Waals surface area contributed by atoms with Gasteiger partial charge in [0.2, 0.25) is 10.0 Å². The molecule has 0 saturated carbocycles. The van der Waals surface area contributed by atoms with Crippen molar-refractivity contribution < 1.29 is 13.5 Å². The number of rotatable bonds is 3. The van der Waals surface area contributed by atoms with Crippen LogP contribution in [0.5, 0.6) is 0 Å². The summed E-state index contributed by atoms with van der Waals surface area (Å²) in [6.45, 7) is 2.92. The molecule has 1 saturated heterocycles. The van der Waals surface area contributed by atoms with Crippen LogP contribution in [0.2, 0.25) is 0 Å². The van der Waals surface area contributed by atoms with Gasteiger partial charge in [-0.25, -0.2) is 8.42 Å². The maximum absolute atomic E-state index is 12.6. The standard InChI is InChI=1S/C13H18BrNO3S/c1-10-2-3-12(14)8-13(10)19(17,18)15-6-4-11(9-16)5-7-15/h2-3,8,11,16H,4-7,9H2,1H3. The van der Waals surface area contributed by atoms with E-state index in [0.29, 0.717) is 18.0 Å². The van der Waals surface area contributed by atoms with Gasteiger partial charge in [0.1, 0.15) is 0 Å². The van der Waals surface area contributed by atoms with Gasteiger partial charge >= 0.3 is 0 Å². The van der Waals surface area contributed by atoms with Crippen molar-refractivity contribution in [3.63, 3.8) is 0 Å². The van der Waals surface area contributed by atoms with Gasteiger partial charge < -0.3 is 5.11 Å². The van der Waals surface area contributed by atoms with Crippen LogP contribution in [0, 0.1) is 12.8 Å². The molecule has 0 atom stereocenters. The SMILES string of the molecule is Cc1ccc(Br)cc1S(=O)(=O)N1CCC(CO)CC1. The molecule has 1 fully saturated rings. The number of piperidine rings is 1. The molecule has 0 bridgehead atoms. The zero-order valence-corrected chi connectivity index (χ0v) is 13.2. The van der Waals surface area contributed by atoms with E-state index in [1.807, 2.05) is 6.07 Å². The van der Waals surface area contributed by atoms with Gasteiger partial charge in [-0.2, -0.15) is 4.31 Å². The topological polar surface area (TPSA) is 57.6 Å². The highest BCUT2D eigenvalue weighted by molar-refractivity contribution is 9.10. The van der Waals surface area contributed by atoms with E-state index in [-0.39, 0.29) is 12.5 Å². The number of nitrogens with zero attached hydrogens (tertiary/aromatic N) is 1. The smallest absolute Gasteiger partial charge is 0.243 e. The van der Waals surface area contributed by atoms with Gasteiger partial charge in [-0.05, 0) is 43.4 Å². The van der Waals surface area contributed by atoms with Crippen LogP contribution in [0.1, 0.15) is 18.4 Å². The van der Waals surface area contributed by atoms with Crippen LogP contribution < -0.4 is 0 Å². The third-order valence-corrected chi connectivity index (χ3v) is 6.13. The number of benzene rings is 1. The molecule has 19 heavy (non-hydrogen) atoms. The molecule has 1 aliphatic heterocycles. The average Bonchev–Trinajstić information content (AvgIpc) is 2.41. The Morgan fingerprint density at radius 1 is 1.37 bits per heavy atom. The number of sulfonamides is 1. The summed E-state index contributed by atoms with van der Waals surface area (Å²) in [5, 5.41) is 9.10. The largest absolute Gasteiger partial charge is 0.396 e. The summed E-state index contributed by atoms with van der Waals surface area (Å²) in [7, 11) is -3.43. The molecule has 0 spiro atoms. The first-order chi connectivity index (χ1) is 8.95. The lowest BCUT2D eigenvalue weighted by atomic mass is 10.00. The fraction of sp³-hybridized carbons (Fsp3) is 0.538. The van der Waals surface area contributed by atoms with Crippen LogP contribution in [0.15, 0.2) is 27.6 Å². The third-order valence-electron chi connectivity index (χ3n) is 3.60. The Bertz CT molecular complexity index is 551. The Morgan fingerprint density at radius 3 is 2.58 bits per heavy atom. The van der Waals surface area contributed by atoms with Gasteiger partial charge in [0.05, 0.1) is 4.90 Å². The second-order valence-corrected chi connectivity index (χ2v) is 7.76. The Kier molecular flexibility index (Phi) is 4.66. The van der Waals surface area contributed by atoms with Crippen molar-refractivity contribution in [1.82, 2.24) is 4.31 Å². The summed E-state index contributed by atoms with van der Waals surface area (Å²) < 4.78 is 27.5. The number of hydrogen-bond donors (Lipinski definition) is 1. The lowest BCUT2D eigenvalue weighted by molar-refractivity contribution is 0.170. The van der Waals surface area contributed by atoms with E-state index < -0.39 is 10.0 Å². The van der Waals surface area contributed by atoms with Crippen molar-refractivity contribution in [2.75, 3.05) is 19.7 Å². The van der Waals surface area contributed by atoms with E-state index in [1.165, 1.54) is 4.31 Å². The summed E-state index contributed by atoms with van der Waals surface area (Å²) in [6, 6.07) is 5.30. The first-order valence-corrected chi connectivity index (χ1v) is 8.55. The maximum atomic E-state index is 12.6. The van der Waals surface area contributed by atoms with Crippen LogP contribution >= 0.6 is 15.9 Å². The highest BCUT2D eigenvalue weighted by atomic mass is 79.9. The Morgan fingerprint density at radius 2 is 2.00 bits per heavy atom. The Labute approximate surface area is 122 Å². The number of hydrogen-bond acceptors (Lipinski definition) is 3. The van der Waals surface area contributed by atoms with E-state index in [9.17, 15) is 8.42 Å². The molecule has 1 N–H and O–H groups in total. The number of halogens is 1. The molecule has 0 amide bonds. The van der Waals surface area contributed by atoms with Gasteiger partial charge in [0.15, 0.2) is 0 Å². The van der Waals surface area contributed by atoms with Crippen LogP contribution in [-0.2, 0) is 10.0 Å². The predicted molar refractivity (Wildman–Crippen MR) is 77.4 cm³/mol. The molecule has 0 radical (unpaired) electrons. The summed E-state index contributed by atoms with van der Waals surface area (Å²) >= 11 is 3.32. The van der Waals surface area contributed by atoms with Gasteiger partial charge in [0.25, 0.3) is 0 Å². The van der Waals surface area contributed by atoms with Crippen molar-refractivity contribution >= 4 is 26.0 Å². The highest BCUT2D eigenvalue weighted by Gasteiger charge is 2.30. The molecule has 1 aromatic carbocycles. The quantitative estimate of drug-likeness (QED) is 0.911. The fourth-order valence-electron chi connectivity index (χ4n) is 2.32. The predicted octanol–water partition coefficient (Wildman–Crippen LogP) is 2.15. The zero-order valence-electron chi connectivity index (χ0n) is 10.8. The summed E-state index contributed by atoms with van der Waals surface area (Å²) in [5.74, 6) is 0.232. The van der Waals surface area contributed by atoms with E-state index >= 15 is 0 Å². The van der Waals surface area contributed by atoms with Crippen LogP contribution in [0.25, 0.3) is 0 Å². The van der Waals surface area contributed by atoms with Crippen molar-refractivity contribution in [3.8, 4) is 0 Å². The van der Waals surface area contributed by atoms with Gasteiger partial charge in [-0.3, -0.25) is 0 Å². The van der Waals surface area contributed by atoms with Crippen LogP contribution in [0.3, 0.4) is 0 Å². The average molecular weight is 348 g/mol. The maximum Gasteiger partial charge on any atom is 0.243 e. The molecule has 0 aromatic heterocycles. The molecule has 1 aliphatic rings. The first kappa shape index (κ1) is 15.0. The molecule has 106 valence electrons. The second-order valence-electron chi connectivity index (χ2n) is 4.94. The van der Waals surface area contributed by atoms with Crippen LogP contribution in [0.4, 0.5) is 0 Å². The van der Waals surface area contributed by atoms with Crippen molar-refractivity contribution in [3.05, 3.63) is 28.2 Å². The molecular formula is C13H18BrNO3S. The minimum atomic E-state index is -3.43. The normalized spacial score (nSPS) is 18.7. The molecule has 2 rings (SSSR count). The van der Waals surface area contributed by atoms with E-state index in [1.54, 1.807) is 19.1 Å². The first-order valence-electron chi connectivity index (χ1n) is 6.32. The number of aliphatic hydroxyl groups excluding tert-OH is 1. The molecule has 1 aromatic rings. The summed E-state index contributed by atoms with van der Waals surface area (Å²) in [4.78, 5) is 0.365. The molecular weight excluding hydrogens is 330 g/mol. The van der Waals surface area contributed by atoms with Gasteiger partial charge in [0, 0.05) is 24.2 Å². The second kappa shape index (κ2) is 5.91. The molecule has 0 unspecified atom stereocenters. The van der Waals surface area contributed by atoms with E-state index in [2.05, 4.69) is 15.9 Å². The van der Waals surface area contributed by atoms with E-state index in [0.717, 1.165) is 22.9 Å². The van der Waals surface area contributed by atoms with Crippen LogP contribution in [-0.4, -0.2) is 37.5 Å². The molecule has 4 nitrogen and oxygen atoms in total. The highest BCUT2D eigenvalue weighted by Crippen LogP contribution is 2.27. The molecule has 6 heteroatoms.